The van der Waals surface area contributed by atoms with Gasteiger partial charge in [-0.05, 0) is 12.5 Å². The number of hydrogen-bond acceptors (Lipinski definition) is 4. The maximum atomic E-state index is 11.5. The molecule has 1 aliphatic heterocycles. The van der Waals surface area contributed by atoms with Crippen molar-refractivity contribution in [1.82, 2.24) is 4.57 Å². The molecule has 0 radical (unpaired) electrons. The van der Waals surface area contributed by atoms with Gasteiger partial charge in [-0.1, -0.05) is 0 Å². The lowest BCUT2D eigenvalue weighted by atomic mass is 10.2. The summed E-state index contributed by atoms with van der Waals surface area (Å²) in [5.41, 5.74) is 6.73. The number of ether oxygens (including phenoxy) is 2. The summed E-state index contributed by atoms with van der Waals surface area (Å²) in [6.45, 7) is 1.35. The Morgan fingerprint density at radius 3 is 3.13 bits per heavy atom. The van der Waals surface area contributed by atoms with Crippen LogP contribution in [-0.4, -0.2) is 30.9 Å². The standard InChI is InChI=1S/C10H14N2O3/c1-14-10(13)9-4-7(11)5-12(9)8-2-3-15-6-8/h4-5,8H,2-3,6,11H2,1H3. The van der Waals surface area contributed by atoms with E-state index in [0.717, 1.165) is 13.0 Å². The predicted octanol–water partition coefficient (Wildman–Crippen LogP) is 0.818. The van der Waals surface area contributed by atoms with Gasteiger partial charge in [-0.3, -0.25) is 0 Å². The van der Waals surface area contributed by atoms with E-state index in [1.54, 1.807) is 12.3 Å². The SMILES string of the molecule is COC(=O)c1cc(N)cn1C1CCOC1. The summed E-state index contributed by atoms with van der Waals surface area (Å²) in [6, 6.07) is 1.82. The van der Waals surface area contributed by atoms with Crippen molar-refractivity contribution >= 4 is 11.7 Å². The topological polar surface area (TPSA) is 66.5 Å². The number of methoxy groups -OCH3 is 1. The Bertz CT molecular complexity index is 367. The van der Waals surface area contributed by atoms with E-state index in [1.165, 1.54) is 7.11 Å². The number of esters is 1. The van der Waals surface area contributed by atoms with Crippen molar-refractivity contribution in [3.05, 3.63) is 18.0 Å². The normalized spacial score (nSPS) is 20.5. The summed E-state index contributed by atoms with van der Waals surface area (Å²) in [5, 5.41) is 0. The predicted molar refractivity (Wildman–Crippen MR) is 54.7 cm³/mol. The number of nitrogen functional groups attached to an aromatic ring is 1. The Balaban J connectivity index is 2.32. The van der Waals surface area contributed by atoms with E-state index in [9.17, 15) is 4.79 Å². The Morgan fingerprint density at radius 1 is 1.73 bits per heavy atom. The number of nitrogens with two attached hydrogens (primary N) is 1. The molecule has 82 valence electrons. The van der Waals surface area contributed by atoms with E-state index in [0.29, 0.717) is 18.0 Å². The Hall–Kier alpha value is -1.49. The van der Waals surface area contributed by atoms with Gasteiger partial charge in [-0.2, -0.15) is 0 Å². The van der Waals surface area contributed by atoms with Crippen molar-refractivity contribution in [2.45, 2.75) is 12.5 Å². The molecule has 1 saturated heterocycles. The highest BCUT2D eigenvalue weighted by Gasteiger charge is 2.23. The molecule has 0 aromatic carbocycles. The summed E-state index contributed by atoms with van der Waals surface area (Å²) < 4.78 is 11.8. The van der Waals surface area contributed by atoms with Gasteiger partial charge in [0, 0.05) is 12.8 Å². The number of rotatable bonds is 2. The molecule has 1 aromatic rings. The molecule has 2 rings (SSSR count). The first-order chi connectivity index (χ1) is 7.22. The Kier molecular flexibility index (Phi) is 2.64. The van der Waals surface area contributed by atoms with E-state index < -0.39 is 0 Å². The number of aromatic nitrogens is 1. The molecule has 5 nitrogen and oxygen atoms in total. The first kappa shape index (κ1) is 10.0. The van der Waals surface area contributed by atoms with Gasteiger partial charge >= 0.3 is 5.97 Å². The molecule has 2 N–H and O–H groups in total. The fourth-order valence-corrected chi connectivity index (χ4v) is 1.81. The number of carbonyl (C=O) groups excluding carboxylic acids is 1. The van der Waals surface area contributed by atoms with E-state index >= 15 is 0 Å². The second-order valence-corrected chi connectivity index (χ2v) is 3.57. The van der Waals surface area contributed by atoms with Gasteiger partial charge in [0.1, 0.15) is 5.69 Å². The van der Waals surface area contributed by atoms with E-state index in [-0.39, 0.29) is 12.0 Å². The molecule has 5 heteroatoms. The molecule has 0 spiro atoms. The van der Waals surface area contributed by atoms with Gasteiger partial charge in [0.25, 0.3) is 0 Å². The molecule has 0 saturated carbocycles. The van der Waals surface area contributed by atoms with E-state index in [1.807, 2.05) is 4.57 Å². The molecule has 0 aliphatic carbocycles. The third-order valence-corrected chi connectivity index (χ3v) is 2.56. The zero-order chi connectivity index (χ0) is 10.8. The number of anilines is 1. The minimum absolute atomic E-state index is 0.191. The van der Waals surface area contributed by atoms with Crippen LogP contribution in [0.2, 0.25) is 0 Å². The lowest BCUT2D eigenvalue weighted by Gasteiger charge is -2.12. The summed E-state index contributed by atoms with van der Waals surface area (Å²) in [7, 11) is 1.36. The van der Waals surface area contributed by atoms with Gasteiger partial charge < -0.3 is 19.8 Å². The highest BCUT2D eigenvalue weighted by molar-refractivity contribution is 5.89. The lowest BCUT2D eigenvalue weighted by molar-refractivity contribution is 0.0585. The van der Waals surface area contributed by atoms with Crippen molar-refractivity contribution in [2.75, 3.05) is 26.1 Å². The van der Waals surface area contributed by atoms with Gasteiger partial charge in [-0.25, -0.2) is 4.79 Å². The zero-order valence-electron chi connectivity index (χ0n) is 8.60. The van der Waals surface area contributed by atoms with Crippen LogP contribution >= 0.6 is 0 Å². The average molecular weight is 210 g/mol. The van der Waals surface area contributed by atoms with Crippen molar-refractivity contribution in [3.8, 4) is 0 Å². The van der Waals surface area contributed by atoms with Crippen LogP contribution in [0.5, 0.6) is 0 Å². The Labute approximate surface area is 87.8 Å². The second kappa shape index (κ2) is 3.94. The molecule has 15 heavy (non-hydrogen) atoms. The maximum absolute atomic E-state index is 11.5. The molecule has 0 amide bonds. The number of carbonyl (C=O) groups is 1. The molecule has 1 aliphatic rings. The second-order valence-electron chi connectivity index (χ2n) is 3.57. The van der Waals surface area contributed by atoms with Crippen molar-refractivity contribution < 1.29 is 14.3 Å². The fraction of sp³-hybridized carbons (Fsp3) is 0.500. The van der Waals surface area contributed by atoms with Crippen LogP contribution in [0.3, 0.4) is 0 Å². The highest BCUT2D eigenvalue weighted by Crippen LogP contribution is 2.24. The largest absolute Gasteiger partial charge is 0.464 e. The molecule has 1 aromatic heterocycles. The summed E-state index contributed by atoms with van der Waals surface area (Å²) in [4.78, 5) is 11.5. The third-order valence-electron chi connectivity index (χ3n) is 2.56. The highest BCUT2D eigenvalue weighted by atomic mass is 16.5. The van der Waals surface area contributed by atoms with Crippen molar-refractivity contribution in [3.63, 3.8) is 0 Å². The maximum Gasteiger partial charge on any atom is 0.354 e. The van der Waals surface area contributed by atoms with Crippen molar-refractivity contribution in [1.29, 1.82) is 0 Å². The van der Waals surface area contributed by atoms with E-state index in [4.69, 9.17) is 15.2 Å². The Morgan fingerprint density at radius 2 is 2.53 bits per heavy atom. The van der Waals surface area contributed by atoms with Crippen LogP contribution in [0.1, 0.15) is 23.0 Å². The van der Waals surface area contributed by atoms with Crippen LogP contribution in [0.15, 0.2) is 12.3 Å². The molecule has 0 bridgehead atoms. The monoisotopic (exact) mass is 210 g/mol. The zero-order valence-corrected chi connectivity index (χ0v) is 8.60. The average Bonchev–Trinajstić information content (AvgIpc) is 2.84. The lowest BCUT2D eigenvalue weighted by Crippen LogP contribution is -2.15. The van der Waals surface area contributed by atoms with Crippen LogP contribution in [0, 0.1) is 0 Å². The molecular weight excluding hydrogens is 196 g/mol. The van der Waals surface area contributed by atoms with Crippen LogP contribution in [0.25, 0.3) is 0 Å². The minimum atomic E-state index is -0.362. The first-order valence-electron chi connectivity index (χ1n) is 4.86. The molecule has 1 unspecified atom stereocenters. The van der Waals surface area contributed by atoms with E-state index in [2.05, 4.69) is 0 Å². The van der Waals surface area contributed by atoms with Crippen LogP contribution in [0.4, 0.5) is 5.69 Å². The molecule has 2 heterocycles. The van der Waals surface area contributed by atoms with Gasteiger partial charge in [0.05, 0.1) is 25.4 Å². The molecule has 1 fully saturated rings. The van der Waals surface area contributed by atoms with Crippen LogP contribution in [-0.2, 0) is 9.47 Å². The molecular formula is C10H14N2O3. The minimum Gasteiger partial charge on any atom is -0.464 e. The van der Waals surface area contributed by atoms with Crippen molar-refractivity contribution in [2.24, 2.45) is 0 Å². The summed E-state index contributed by atoms with van der Waals surface area (Å²) >= 11 is 0. The number of nitrogens with zero attached hydrogens (tertiary/aromatic N) is 1. The smallest absolute Gasteiger partial charge is 0.354 e. The van der Waals surface area contributed by atoms with Gasteiger partial charge in [-0.15, -0.1) is 0 Å². The quantitative estimate of drug-likeness (QED) is 0.734. The van der Waals surface area contributed by atoms with Gasteiger partial charge in [0.2, 0.25) is 0 Å². The summed E-state index contributed by atoms with van der Waals surface area (Å²) in [6.07, 6.45) is 2.66. The number of hydrogen-bond donors (Lipinski definition) is 1. The van der Waals surface area contributed by atoms with Crippen LogP contribution < -0.4 is 5.73 Å². The third kappa shape index (κ3) is 1.83. The first-order valence-corrected chi connectivity index (χ1v) is 4.86. The fourth-order valence-electron chi connectivity index (χ4n) is 1.81. The summed E-state index contributed by atoms with van der Waals surface area (Å²) in [5.74, 6) is -0.362. The molecule has 1 atom stereocenters. The van der Waals surface area contributed by atoms with Gasteiger partial charge in [0.15, 0.2) is 0 Å².